The number of allylic oxidation sites excluding steroid dienone is 1. The van der Waals surface area contributed by atoms with Gasteiger partial charge >= 0.3 is 4.87 Å². The highest BCUT2D eigenvalue weighted by molar-refractivity contribution is 7.07. The molecule has 1 aliphatic rings. The van der Waals surface area contributed by atoms with Gasteiger partial charge in [-0.05, 0) is 41.5 Å². The number of aromatic nitrogens is 1. The lowest BCUT2D eigenvalue weighted by Gasteiger charge is -2.23. The number of nitriles is 2. The average Bonchev–Trinajstić information content (AvgIpc) is 3.14. The molecular weight excluding hydrogens is 424 g/mol. The van der Waals surface area contributed by atoms with Crippen LogP contribution in [-0.4, -0.2) is 18.8 Å². The van der Waals surface area contributed by atoms with Gasteiger partial charge in [-0.25, -0.2) is 0 Å². The normalized spacial score (nSPS) is 15.7. The molecule has 8 heteroatoms. The highest BCUT2D eigenvalue weighted by atomic mass is 32.1. The van der Waals surface area contributed by atoms with Crippen molar-refractivity contribution in [2.75, 3.05) is 14.2 Å². The highest BCUT2D eigenvalue weighted by Gasteiger charge is 2.32. The molecule has 3 aromatic rings. The Hall–Kier alpha value is -4.27. The van der Waals surface area contributed by atoms with Crippen LogP contribution in [0, 0.1) is 22.7 Å². The molecule has 1 aliphatic heterocycles. The first-order valence-electron chi connectivity index (χ1n) is 9.58. The van der Waals surface area contributed by atoms with Crippen LogP contribution < -0.4 is 30.0 Å². The molecule has 0 bridgehead atoms. The van der Waals surface area contributed by atoms with E-state index in [0.717, 1.165) is 16.9 Å². The van der Waals surface area contributed by atoms with Crippen molar-refractivity contribution in [1.29, 1.82) is 10.5 Å². The maximum Gasteiger partial charge on any atom is 0.313 e. The first-order chi connectivity index (χ1) is 15.5. The summed E-state index contributed by atoms with van der Waals surface area (Å²) < 4.78 is 12.4. The smallest absolute Gasteiger partial charge is 0.313 e. The lowest BCUT2D eigenvalue weighted by molar-refractivity contribution is 0.414. The molecular formula is C24H18N4O3S. The standard InChI is InChI=1S/C24H18N4O3S/c1-30-16-7-3-5-14(9-16)10-20-22-18(12-25)21(15-6-4-8-17(11-15)31-2)19(13-26)23(27)28(22)24(29)32-20/h3-11,21H,27H2,1-2H3/b20-10-/t21-/m0/s1. The molecule has 0 unspecified atom stereocenters. The number of rotatable bonds is 4. The van der Waals surface area contributed by atoms with E-state index in [1.807, 2.05) is 30.3 Å². The van der Waals surface area contributed by atoms with Crippen LogP contribution in [0.3, 0.4) is 0 Å². The minimum absolute atomic E-state index is 0.0286. The van der Waals surface area contributed by atoms with Crippen molar-refractivity contribution in [2.24, 2.45) is 5.73 Å². The number of methoxy groups -OCH3 is 2. The number of nitrogens with two attached hydrogens (primary N) is 1. The van der Waals surface area contributed by atoms with Gasteiger partial charge in [-0.1, -0.05) is 35.6 Å². The third-order valence-corrected chi connectivity index (χ3v) is 6.13. The van der Waals surface area contributed by atoms with Crippen LogP contribution in [0.5, 0.6) is 11.5 Å². The minimum atomic E-state index is -0.716. The van der Waals surface area contributed by atoms with Crippen molar-refractivity contribution < 1.29 is 9.47 Å². The van der Waals surface area contributed by atoms with Gasteiger partial charge in [0.1, 0.15) is 17.3 Å². The topological polar surface area (TPSA) is 114 Å². The molecule has 4 rings (SSSR count). The summed E-state index contributed by atoms with van der Waals surface area (Å²) in [6.45, 7) is 0. The number of fused-ring (bicyclic) bond motifs is 1. The van der Waals surface area contributed by atoms with Crippen molar-refractivity contribution in [1.82, 2.24) is 4.57 Å². The quantitative estimate of drug-likeness (QED) is 0.660. The second kappa shape index (κ2) is 8.46. The monoisotopic (exact) mass is 442 g/mol. The summed E-state index contributed by atoms with van der Waals surface area (Å²) in [6.07, 6.45) is 1.81. The predicted octanol–water partition coefficient (Wildman–Crippen LogP) is 1.88. The second-order valence-electron chi connectivity index (χ2n) is 6.98. The lowest BCUT2D eigenvalue weighted by Crippen LogP contribution is -2.41. The van der Waals surface area contributed by atoms with Gasteiger partial charge in [0.2, 0.25) is 0 Å². The van der Waals surface area contributed by atoms with E-state index >= 15 is 0 Å². The summed E-state index contributed by atoms with van der Waals surface area (Å²) in [7, 11) is 3.12. The summed E-state index contributed by atoms with van der Waals surface area (Å²) in [5.41, 5.74) is 8.21. The fourth-order valence-electron chi connectivity index (χ4n) is 3.79. The fraction of sp³-hybridized carbons (Fsp3) is 0.125. The molecule has 2 aromatic carbocycles. The van der Waals surface area contributed by atoms with Crippen molar-refractivity contribution in [3.8, 4) is 23.6 Å². The molecule has 2 N–H and O–H groups in total. The second-order valence-corrected chi connectivity index (χ2v) is 7.98. The van der Waals surface area contributed by atoms with E-state index in [9.17, 15) is 15.3 Å². The Morgan fingerprint density at radius 1 is 1.03 bits per heavy atom. The maximum absolute atomic E-state index is 12.8. The van der Waals surface area contributed by atoms with Crippen molar-refractivity contribution in [3.63, 3.8) is 0 Å². The van der Waals surface area contributed by atoms with Crippen molar-refractivity contribution in [3.05, 3.63) is 84.8 Å². The Labute approximate surface area is 187 Å². The fourth-order valence-corrected chi connectivity index (χ4v) is 4.75. The van der Waals surface area contributed by atoms with Crippen LogP contribution in [0.25, 0.3) is 17.5 Å². The molecule has 2 heterocycles. The molecule has 0 amide bonds. The Kier molecular flexibility index (Phi) is 5.55. The lowest BCUT2D eigenvalue weighted by atomic mass is 9.83. The average molecular weight is 443 g/mol. The SMILES string of the molecule is COc1cccc(/C=c2\sc(=O)n3c2=C(C#N)[C@H](c2cccc(OC)c2)C(C#N)=C3N)c1. The number of benzene rings is 2. The third-order valence-electron chi connectivity index (χ3n) is 5.25. The summed E-state index contributed by atoms with van der Waals surface area (Å²) in [6, 6.07) is 18.8. The first-order valence-corrected chi connectivity index (χ1v) is 10.4. The maximum atomic E-state index is 12.8. The molecule has 0 saturated heterocycles. The molecule has 0 radical (unpaired) electrons. The van der Waals surface area contributed by atoms with Crippen LogP contribution in [0.1, 0.15) is 17.0 Å². The van der Waals surface area contributed by atoms with E-state index in [0.29, 0.717) is 26.9 Å². The van der Waals surface area contributed by atoms with E-state index in [2.05, 4.69) is 12.1 Å². The Bertz CT molecular complexity index is 1520. The molecule has 158 valence electrons. The van der Waals surface area contributed by atoms with Crippen LogP contribution >= 0.6 is 11.3 Å². The third kappa shape index (κ3) is 3.43. The van der Waals surface area contributed by atoms with Crippen LogP contribution in [-0.2, 0) is 0 Å². The molecule has 0 saturated carbocycles. The molecule has 0 fully saturated rings. The summed E-state index contributed by atoms with van der Waals surface area (Å²) in [4.78, 5) is 12.5. The molecule has 32 heavy (non-hydrogen) atoms. The van der Waals surface area contributed by atoms with Gasteiger partial charge in [0.05, 0.1) is 53.3 Å². The van der Waals surface area contributed by atoms with Gasteiger partial charge in [-0.15, -0.1) is 0 Å². The highest BCUT2D eigenvalue weighted by Crippen LogP contribution is 2.36. The summed E-state index contributed by atoms with van der Waals surface area (Å²) >= 11 is 0.970. The number of ether oxygens (including phenoxy) is 2. The number of thiazole rings is 1. The van der Waals surface area contributed by atoms with Gasteiger partial charge in [-0.3, -0.25) is 9.36 Å². The van der Waals surface area contributed by atoms with E-state index in [1.165, 1.54) is 4.57 Å². The zero-order chi connectivity index (χ0) is 22.8. The summed E-state index contributed by atoms with van der Waals surface area (Å²) in [5, 5.41) is 20.4. The molecule has 0 spiro atoms. The Balaban J connectivity index is 2.09. The van der Waals surface area contributed by atoms with Crippen LogP contribution in [0.15, 0.2) is 58.9 Å². The van der Waals surface area contributed by atoms with E-state index in [-0.39, 0.29) is 21.8 Å². The van der Waals surface area contributed by atoms with E-state index < -0.39 is 5.92 Å². The predicted molar refractivity (Wildman–Crippen MR) is 122 cm³/mol. The van der Waals surface area contributed by atoms with Gasteiger partial charge in [0.15, 0.2) is 0 Å². The Morgan fingerprint density at radius 3 is 2.34 bits per heavy atom. The van der Waals surface area contributed by atoms with Crippen molar-refractivity contribution >= 4 is 28.8 Å². The van der Waals surface area contributed by atoms with E-state index in [1.54, 1.807) is 38.5 Å². The number of hydrogen-bond donors (Lipinski definition) is 1. The number of nitrogens with zero attached hydrogens (tertiary/aromatic N) is 3. The molecule has 0 aliphatic carbocycles. The zero-order valence-electron chi connectivity index (χ0n) is 17.3. The molecule has 1 atom stereocenters. The van der Waals surface area contributed by atoms with Crippen LogP contribution in [0.4, 0.5) is 0 Å². The first kappa shape index (κ1) is 21.0. The number of hydrogen-bond acceptors (Lipinski definition) is 7. The minimum Gasteiger partial charge on any atom is -0.497 e. The summed E-state index contributed by atoms with van der Waals surface area (Å²) in [5.74, 6) is 0.573. The molecule has 1 aromatic heterocycles. The van der Waals surface area contributed by atoms with Gasteiger partial charge in [-0.2, -0.15) is 10.5 Å². The van der Waals surface area contributed by atoms with Gasteiger partial charge in [0.25, 0.3) is 0 Å². The van der Waals surface area contributed by atoms with Gasteiger partial charge in [0, 0.05) is 0 Å². The van der Waals surface area contributed by atoms with Gasteiger partial charge < -0.3 is 15.2 Å². The Morgan fingerprint density at radius 2 is 1.69 bits per heavy atom. The zero-order valence-corrected chi connectivity index (χ0v) is 18.1. The van der Waals surface area contributed by atoms with Crippen LogP contribution in [0.2, 0.25) is 0 Å². The van der Waals surface area contributed by atoms with E-state index in [4.69, 9.17) is 15.2 Å². The largest absolute Gasteiger partial charge is 0.497 e. The van der Waals surface area contributed by atoms with Crippen molar-refractivity contribution in [2.45, 2.75) is 5.92 Å². The molecule has 7 nitrogen and oxygen atoms in total.